The van der Waals surface area contributed by atoms with Crippen molar-refractivity contribution >= 4 is 23.0 Å². The maximum atomic E-state index is 13.0. The molecule has 39 heavy (non-hydrogen) atoms. The van der Waals surface area contributed by atoms with Crippen LogP contribution in [0, 0.1) is 11.3 Å². The molecule has 1 unspecified atom stereocenters. The van der Waals surface area contributed by atoms with Gasteiger partial charge < -0.3 is 24.8 Å². The number of benzene rings is 1. The number of anilines is 1. The number of nitrogens with zero attached hydrogens (tertiary/aromatic N) is 2. The monoisotopic (exact) mass is 534 g/mol. The lowest BCUT2D eigenvalue weighted by atomic mass is 9.78. The first kappa shape index (κ1) is 30.3. The molecule has 3 atom stereocenters. The van der Waals surface area contributed by atoms with Gasteiger partial charge in [-0.3, -0.25) is 9.79 Å². The Morgan fingerprint density at radius 1 is 1.21 bits per heavy atom. The molecule has 210 valence electrons. The molecule has 0 saturated carbocycles. The van der Waals surface area contributed by atoms with Crippen LogP contribution in [0.5, 0.6) is 0 Å². The van der Waals surface area contributed by atoms with Crippen molar-refractivity contribution in [2.24, 2.45) is 4.99 Å². The van der Waals surface area contributed by atoms with Crippen LogP contribution in [0.1, 0.15) is 68.9 Å². The number of methoxy groups -OCH3 is 2. The molecule has 2 bridgehead atoms. The van der Waals surface area contributed by atoms with Crippen molar-refractivity contribution < 1.29 is 19.0 Å². The summed E-state index contributed by atoms with van der Waals surface area (Å²) in [5, 5.41) is 14.5. The smallest absolute Gasteiger partial charge is 0.291 e. The number of aliphatic imine (C=N–C) groups is 1. The van der Waals surface area contributed by atoms with Crippen molar-refractivity contribution in [1.82, 2.24) is 5.32 Å². The van der Waals surface area contributed by atoms with Crippen LogP contribution in [0.3, 0.4) is 0 Å². The Morgan fingerprint density at radius 2 is 1.90 bits per heavy atom. The first-order valence-corrected chi connectivity index (χ1v) is 13.6. The van der Waals surface area contributed by atoms with Crippen LogP contribution in [0.4, 0.5) is 5.69 Å². The fourth-order valence-corrected chi connectivity index (χ4v) is 5.59. The average molecular weight is 535 g/mol. The molecule has 2 aliphatic rings. The molecule has 0 radical (unpaired) electrons. The average Bonchev–Trinajstić information content (AvgIpc) is 3.18. The molecule has 2 aliphatic heterocycles. The minimum Gasteiger partial charge on any atom is -0.381 e. The maximum absolute atomic E-state index is 13.0. The van der Waals surface area contributed by atoms with E-state index in [4.69, 9.17) is 19.5 Å². The molecule has 0 aliphatic carbocycles. The highest BCUT2D eigenvalue weighted by Gasteiger charge is 2.52. The standard InChI is InChI=1S/C31H42N4O4/c1-6-7-8-9-11-23(2)26-18-24(12-13-27(26)35-29(36)28(33-3)34-17-10-16-32)25-19-30(21-37-4)14-15-31(20-25,39-30)22-38-5/h10,12-15,17-18,25H,2,6-9,11,19-22H2,1,3-5H3,(H,33,34)(H,35,36)/b17-10+/t25?,30-,31+. The van der Waals surface area contributed by atoms with E-state index in [1.165, 1.54) is 37.7 Å². The number of unbranched alkanes of at least 4 members (excludes halogenated alkanes) is 3. The summed E-state index contributed by atoms with van der Waals surface area (Å²) in [7, 11) is 4.92. The summed E-state index contributed by atoms with van der Waals surface area (Å²) in [6.07, 6.45) is 13.9. The molecule has 8 heteroatoms. The molecular formula is C31H42N4O4. The molecule has 0 aromatic heterocycles. The third-order valence-electron chi connectivity index (χ3n) is 7.35. The van der Waals surface area contributed by atoms with Gasteiger partial charge in [-0.15, -0.1) is 0 Å². The van der Waals surface area contributed by atoms with Crippen molar-refractivity contribution in [3.63, 3.8) is 0 Å². The van der Waals surface area contributed by atoms with Gasteiger partial charge >= 0.3 is 0 Å². The van der Waals surface area contributed by atoms with Gasteiger partial charge in [-0.25, -0.2) is 0 Å². The Hall–Kier alpha value is -3.25. The number of hydrogen-bond acceptors (Lipinski definition) is 6. The first-order chi connectivity index (χ1) is 18.8. The molecule has 1 aromatic rings. The summed E-state index contributed by atoms with van der Waals surface area (Å²) in [6, 6.07) is 8.08. The SMILES string of the molecule is C=C(CCCCCC)c1cc(C2C[C@@]3(COC)C=C[C@@](COC)(C2)O3)ccc1NC(=O)/C(=N/C)N/C=C/C#N. The summed E-state index contributed by atoms with van der Waals surface area (Å²) in [4.78, 5) is 17.0. The highest BCUT2D eigenvalue weighted by Crippen LogP contribution is 2.50. The molecule has 1 aromatic carbocycles. The zero-order chi connectivity index (χ0) is 28.3. The highest BCUT2D eigenvalue weighted by atomic mass is 16.6. The lowest BCUT2D eigenvalue weighted by Gasteiger charge is -2.44. The van der Waals surface area contributed by atoms with Crippen LogP contribution in [0.15, 0.2) is 54.2 Å². The van der Waals surface area contributed by atoms with Gasteiger partial charge in [0.1, 0.15) is 11.2 Å². The van der Waals surface area contributed by atoms with Crippen molar-refractivity contribution in [1.29, 1.82) is 5.26 Å². The Bertz CT molecular complexity index is 1130. The fraction of sp³-hybridized carbons (Fsp3) is 0.516. The Balaban J connectivity index is 1.91. The summed E-state index contributed by atoms with van der Waals surface area (Å²) in [6.45, 7) is 7.56. The molecule has 3 rings (SSSR count). The minimum absolute atomic E-state index is 0.111. The number of amides is 1. The maximum Gasteiger partial charge on any atom is 0.291 e. The Kier molecular flexibility index (Phi) is 11.0. The first-order valence-electron chi connectivity index (χ1n) is 13.6. The van der Waals surface area contributed by atoms with E-state index in [1.807, 2.05) is 12.1 Å². The van der Waals surface area contributed by atoms with Crippen molar-refractivity contribution in [3.8, 4) is 6.07 Å². The highest BCUT2D eigenvalue weighted by molar-refractivity contribution is 6.42. The normalized spacial score (nSPS) is 24.1. The number of carbonyl (C=O) groups excluding carboxylic acids is 1. The summed E-state index contributed by atoms with van der Waals surface area (Å²) in [5.74, 6) is -0.0690. The van der Waals surface area contributed by atoms with Gasteiger partial charge in [0.05, 0.1) is 19.3 Å². The number of nitrogens with one attached hydrogen (secondary N) is 2. The quantitative estimate of drug-likeness (QED) is 0.114. The number of nitriles is 1. The van der Waals surface area contributed by atoms with Crippen LogP contribution in [0.2, 0.25) is 0 Å². The number of allylic oxidation sites excluding steroid dienone is 2. The second-order valence-corrected chi connectivity index (χ2v) is 10.4. The number of carbonyl (C=O) groups is 1. The second-order valence-electron chi connectivity index (χ2n) is 10.4. The summed E-state index contributed by atoms with van der Waals surface area (Å²) < 4.78 is 17.6. The number of hydrogen-bond donors (Lipinski definition) is 2. The molecule has 0 spiro atoms. The predicted molar refractivity (Wildman–Crippen MR) is 156 cm³/mol. The summed E-state index contributed by atoms with van der Waals surface area (Å²) >= 11 is 0. The van der Waals surface area contributed by atoms with Crippen molar-refractivity contribution in [3.05, 3.63) is 60.3 Å². The second kappa shape index (κ2) is 14.2. The van der Waals surface area contributed by atoms with E-state index in [9.17, 15) is 4.79 Å². The van der Waals surface area contributed by atoms with Crippen LogP contribution in [-0.2, 0) is 19.0 Å². The molecule has 2 heterocycles. The lowest BCUT2D eigenvalue weighted by Crippen LogP contribution is -2.49. The summed E-state index contributed by atoms with van der Waals surface area (Å²) in [5.41, 5.74) is 2.79. The topological polar surface area (TPSA) is 105 Å². The molecule has 2 N–H and O–H groups in total. The van der Waals surface area contributed by atoms with Gasteiger partial charge in [-0.1, -0.05) is 51.0 Å². The third-order valence-corrected chi connectivity index (χ3v) is 7.35. The molecule has 8 nitrogen and oxygen atoms in total. The van der Waals surface area contributed by atoms with E-state index in [1.54, 1.807) is 14.2 Å². The largest absolute Gasteiger partial charge is 0.381 e. The van der Waals surface area contributed by atoms with Crippen LogP contribution >= 0.6 is 0 Å². The van der Waals surface area contributed by atoms with E-state index in [0.29, 0.717) is 18.9 Å². The Morgan fingerprint density at radius 3 is 2.49 bits per heavy atom. The van der Waals surface area contributed by atoms with E-state index < -0.39 is 11.2 Å². The van der Waals surface area contributed by atoms with Crippen LogP contribution in [-0.4, -0.2) is 57.4 Å². The van der Waals surface area contributed by atoms with Gasteiger partial charge in [0.25, 0.3) is 5.91 Å². The fourth-order valence-electron chi connectivity index (χ4n) is 5.59. The number of amidine groups is 1. The molecule has 1 fully saturated rings. The van der Waals surface area contributed by atoms with E-state index >= 15 is 0 Å². The van der Waals surface area contributed by atoms with Gasteiger partial charge in [0.2, 0.25) is 0 Å². The lowest BCUT2D eigenvalue weighted by molar-refractivity contribution is -0.171. The third kappa shape index (κ3) is 7.66. The number of rotatable bonds is 13. The van der Waals surface area contributed by atoms with E-state index in [0.717, 1.165) is 43.2 Å². The molecule has 1 saturated heterocycles. The zero-order valence-electron chi connectivity index (χ0n) is 23.7. The molecule has 1 amide bonds. The van der Waals surface area contributed by atoms with E-state index in [2.05, 4.69) is 53.4 Å². The van der Waals surface area contributed by atoms with Crippen LogP contribution in [0.25, 0.3) is 5.57 Å². The minimum atomic E-state index is -0.491. The molecular weight excluding hydrogens is 492 g/mol. The number of fused-ring (bicyclic) bond motifs is 2. The van der Waals surface area contributed by atoms with Crippen molar-refractivity contribution in [2.75, 3.05) is 39.8 Å². The van der Waals surface area contributed by atoms with Gasteiger partial charge in [0.15, 0.2) is 5.84 Å². The predicted octanol–water partition coefficient (Wildman–Crippen LogP) is 5.50. The van der Waals surface area contributed by atoms with Crippen LogP contribution < -0.4 is 10.6 Å². The Labute approximate surface area is 232 Å². The van der Waals surface area contributed by atoms with Gasteiger partial charge in [0, 0.05) is 44.8 Å². The number of ether oxygens (including phenoxy) is 3. The van der Waals surface area contributed by atoms with Crippen molar-refractivity contribution in [2.45, 2.75) is 69.0 Å². The zero-order valence-corrected chi connectivity index (χ0v) is 23.7. The van der Waals surface area contributed by atoms with Gasteiger partial charge in [-0.05, 0) is 54.9 Å². The van der Waals surface area contributed by atoms with Gasteiger partial charge in [-0.2, -0.15) is 5.26 Å². The van der Waals surface area contributed by atoms with E-state index in [-0.39, 0.29) is 17.7 Å².